The van der Waals surface area contributed by atoms with Gasteiger partial charge in [0.2, 0.25) is 0 Å². The number of nitrogens with one attached hydrogen (secondary N) is 2. The van der Waals surface area contributed by atoms with Crippen molar-refractivity contribution in [2.24, 2.45) is 0 Å². The number of fused-ring (bicyclic) bond motifs is 1. The lowest BCUT2D eigenvalue weighted by atomic mass is 9.95. The van der Waals surface area contributed by atoms with Crippen LogP contribution >= 0.6 is 35.2 Å². The molecule has 1 heterocycles. The number of rotatable bonds is 6. The highest BCUT2D eigenvalue weighted by Crippen LogP contribution is 2.39. The van der Waals surface area contributed by atoms with E-state index in [4.69, 9.17) is 38.0 Å². The fraction of sp³-hybridized carbons (Fsp3) is 0.400. The van der Waals surface area contributed by atoms with Gasteiger partial charge in [0.05, 0.1) is 37.1 Å². The standard InChI is InChI=1S/C20H23ClN2O4S2/c1-4-27-19(24)17-11-7-5-6-8-16(11)29-18(17)23-20(28)22-13-9-12(21)14(25-2)10-15(13)26-3/h9-10H,4-8H2,1-3H3,(H2,22,23,28). The number of hydrogen-bond donors (Lipinski definition) is 2. The van der Waals surface area contributed by atoms with E-state index in [1.165, 1.54) is 12.0 Å². The van der Waals surface area contributed by atoms with Gasteiger partial charge in [0, 0.05) is 10.9 Å². The van der Waals surface area contributed by atoms with E-state index in [9.17, 15) is 4.79 Å². The van der Waals surface area contributed by atoms with Gasteiger partial charge in [0.15, 0.2) is 5.11 Å². The second kappa shape index (κ2) is 9.65. The highest BCUT2D eigenvalue weighted by atomic mass is 35.5. The summed E-state index contributed by atoms with van der Waals surface area (Å²) in [5, 5.41) is 7.71. The quantitative estimate of drug-likeness (QED) is 0.454. The number of halogens is 1. The van der Waals surface area contributed by atoms with Crippen LogP contribution in [0.1, 0.15) is 40.6 Å². The Bertz CT molecular complexity index is 930. The summed E-state index contributed by atoms with van der Waals surface area (Å²) < 4.78 is 15.9. The number of esters is 1. The molecule has 1 aliphatic rings. The van der Waals surface area contributed by atoms with Crippen LogP contribution in [0.2, 0.25) is 5.02 Å². The average molecular weight is 455 g/mol. The molecule has 0 amide bonds. The summed E-state index contributed by atoms with van der Waals surface area (Å²) >= 11 is 13.3. The van der Waals surface area contributed by atoms with Crippen LogP contribution in [-0.4, -0.2) is 31.9 Å². The number of benzene rings is 1. The van der Waals surface area contributed by atoms with E-state index in [-0.39, 0.29) is 5.97 Å². The van der Waals surface area contributed by atoms with E-state index in [2.05, 4.69) is 10.6 Å². The van der Waals surface area contributed by atoms with Crippen LogP contribution in [0.5, 0.6) is 11.5 Å². The van der Waals surface area contributed by atoms with Crippen molar-refractivity contribution < 1.29 is 19.0 Å². The molecule has 0 saturated heterocycles. The minimum atomic E-state index is -0.317. The van der Waals surface area contributed by atoms with E-state index < -0.39 is 0 Å². The van der Waals surface area contributed by atoms with Gasteiger partial charge >= 0.3 is 5.97 Å². The molecule has 0 fully saturated rings. The maximum atomic E-state index is 12.6. The molecule has 3 rings (SSSR count). The summed E-state index contributed by atoms with van der Waals surface area (Å²) in [5.74, 6) is 0.720. The van der Waals surface area contributed by atoms with Crippen molar-refractivity contribution in [3.05, 3.63) is 33.2 Å². The molecule has 1 aromatic carbocycles. The molecule has 0 saturated carbocycles. The molecule has 0 radical (unpaired) electrons. The van der Waals surface area contributed by atoms with Crippen LogP contribution in [0.15, 0.2) is 12.1 Å². The minimum absolute atomic E-state index is 0.317. The molecule has 1 aliphatic carbocycles. The third-order valence-corrected chi connectivity index (χ3v) is 6.31. The van der Waals surface area contributed by atoms with Gasteiger partial charge in [-0.15, -0.1) is 11.3 Å². The minimum Gasteiger partial charge on any atom is -0.495 e. The first-order valence-corrected chi connectivity index (χ1v) is 10.9. The summed E-state index contributed by atoms with van der Waals surface area (Å²) in [6.45, 7) is 2.13. The first kappa shape index (κ1) is 21.7. The van der Waals surface area contributed by atoms with Gasteiger partial charge in [0.25, 0.3) is 0 Å². The molecule has 2 N–H and O–H groups in total. The van der Waals surface area contributed by atoms with Crippen LogP contribution in [0.4, 0.5) is 10.7 Å². The predicted molar refractivity (Wildman–Crippen MR) is 121 cm³/mol. The maximum absolute atomic E-state index is 12.6. The molecule has 29 heavy (non-hydrogen) atoms. The Morgan fingerprint density at radius 3 is 2.59 bits per heavy atom. The number of carbonyl (C=O) groups excluding carboxylic acids is 1. The highest BCUT2D eigenvalue weighted by Gasteiger charge is 2.27. The Labute approximate surface area is 184 Å². The molecule has 0 unspecified atom stereocenters. The van der Waals surface area contributed by atoms with Gasteiger partial charge in [-0.05, 0) is 56.5 Å². The number of carbonyl (C=O) groups is 1. The Morgan fingerprint density at radius 2 is 1.90 bits per heavy atom. The fourth-order valence-electron chi connectivity index (χ4n) is 3.29. The first-order valence-electron chi connectivity index (χ1n) is 9.29. The van der Waals surface area contributed by atoms with Crippen molar-refractivity contribution >= 4 is 56.9 Å². The van der Waals surface area contributed by atoms with Crippen molar-refractivity contribution in [2.75, 3.05) is 31.5 Å². The van der Waals surface area contributed by atoms with Crippen molar-refractivity contribution in [2.45, 2.75) is 32.6 Å². The number of anilines is 2. The van der Waals surface area contributed by atoms with Gasteiger partial charge in [0.1, 0.15) is 16.5 Å². The molecule has 2 aromatic rings. The molecule has 1 aromatic heterocycles. The van der Waals surface area contributed by atoms with Gasteiger partial charge in [-0.25, -0.2) is 4.79 Å². The van der Waals surface area contributed by atoms with Crippen molar-refractivity contribution in [1.29, 1.82) is 0 Å². The monoisotopic (exact) mass is 454 g/mol. The normalized spacial score (nSPS) is 12.7. The van der Waals surface area contributed by atoms with Crippen LogP contribution < -0.4 is 20.1 Å². The summed E-state index contributed by atoms with van der Waals surface area (Å²) in [7, 11) is 3.09. The molecule has 9 heteroatoms. The Balaban J connectivity index is 1.85. The van der Waals surface area contributed by atoms with Gasteiger partial charge in [-0.1, -0.05) is 11.6 Å². The Kier molecular flexibility index (Phi) is 7.21. The average Bonchev–Trinajstić information content (AvgIpc) is 3.06. The van der Waals surface area contributed by atoms with E-state index in [1.807, 2.05) is 0 Å². The molecule has 0 bridgehead atoms. The lowest BCUT2D eigenvalue weighted by Crippen LogP contribution is -2.21. The number of ether oxygens (including phenoxy) is 3. The van der Waals surface area contributed by atoms with Crippen LogP contribution in [0.3, 0.4) is 0 Å². The van der Waals surface area contributed by atoms with Crippen molar-refractivity contribution in [1.82, 2.24) is 0 Å². The lowest BCUT2D eigenvalue weighted by Gasteiger charge is -2.15. The topological polar surface area (TPSA) is 68.8 Å². The zero-order valence-electron chi connectivity index (χ0n) is 16.5. The van der Waals surface area contributed by atoms with Gasteiger partial charge < -0.3 is 24.8 Å². The molecule has 0 atom stereocenters. The zero-order valence-corrected chi connectivity index (χ0v) is 18.9. The number of methoxy groups -OCH3 is 2. The molecular weight excluding hydrogens is 432 g/mol. The lowest BCUT2D eigenvalue weighted by molar-refractivity contribution is 0.0526. The molecule has 0 aliphatic heterocycles. The third kappa shape index (κ3) is 4.76. The zero-order chi connectivity index (χ0) is 21.0. The maximum Gasteiger partial charge on any atom is 0.341 e. The predicted octanol–water partition coefficient (Wildman–Crippen LogP) is 5.28. The second-order valence-electron chi connectivity index (χ2n) is 6.40. The number of thiophene rings is 1. The summed E-state index contributed by atoms with van der Waals surface area (Å²) in [4.78, 5) is 13.8. The Hall–Kier alpha value is -2.03. The van der Waals surface area contributed by atoms with E-state index >= 15 is 0 Å². The van der Waals surface area contributed by atoms with Crippen LogP contribution in [-0.2, 0) is 17.6 Å². The fourth-order valence-corrected chi connectivity index (χ4v) is 5.09. The van der Waals surface area contributed by atoms with Crippen molar-refractivity contribution in [3.63, 3.8) is 0 Å². The largest absolute Gasteiger partial charge is 0.495 e. The van der Waals surface area contributed by atoms with E-state index in [0.29, 0.717) is 44.5 Å². The number of hydrogen-bond acceptors (Lipinski definition) is 6. The third-order valence-electron chi connectivity index (χ3n) is 4.60. The van der Waals surface area contributed by atoms with Crippen molar-refractivity contribution in [3.8, 4) is 11.5 Å². The van der Waals surface area contributed by atoms with E-state index in [1.54, 1.807) is 37.5 Å². The Morgan fingerprint density at radius 1 is 1.17 bits per heavy atom. The molecular formula is C20H23ClN2O4S2. The van der Waals surface area contributed by atoms with Gasteiger partial charge in [-0.3, -0.25) is 0 Å². The number of thiocarbonyl (C=S) groups is 1. The van der Waals surface area contributed by atoms with Crippen LogP contribution in [0.25, 0.3) is 0 Å². The SMILES string of the molecule is CCOC(=O)c1c(NC(=S)Nc2cc(Cl)c(OC)cc2OC)sc2c1CCCC2. The summed E-state index contributed by atoms with van der Waals surface area (Å²) in [6.07, 6.45) is 4.04. The molecule has 6 nitrogen and oxygen atoms in total. The first-order chi connectivity index (χ1) is 14.0. The summed E-state index contributed by atoms with van der Waals surface area (Å²) in [5.41, 5.74) is 2.26. The summed E-state index contributed by atoms with van der Waals surface area (Å²) in [6, 6.07) is 3.36. The van der Waals surface area contributed by atoms with Gasteiger partial charge in [-0.2, -0.15) is 0 Å². The molecule has 156 valence electrons. The second-order valence-corrected chi connectivity index (χ2v) is 8.32. The highest BCUT2D eigenvalue weighted by molar-refractivity contribution is 7.80. The number of aryl methyl sites for hydroxylation is 1. The van der Waals surface area contributed by atoms with Crippen LogP contribution in [0, 0.1) is 0 Å². The molecule has 0 spiro atoms. The smallest absolute Gasteiger partial charge is 0.341 e. The van der Waals surface area contributed by atoms with E-state index in [0.717, 1.165) is 31.2 Å².